The molecule has 1 nitrogen and oxygen atoms in total. The van der Waals surface area contributed by atoms with Gasteiger partial charge in [0.1, 0.15) is 0 Å². The van der Waals surface area contributed by atoms with Crippen molar-refractivity contribution in [3.05, 3.63) is 133 Å². The molecule has 0 saturated carbocycles. The molecule has 0 fully saturated rings. The van der Waals surface area contributed by atoms with Crippen molar-refractivity contribution >= 4 is 10.8 Å². The van der Waals surface area contributed by atoms with Gasteiger partial charge >= 0.3 is 0 Å². The molecule has 36 heavy (non-hydrogen) atoms. The maximum absolute atomic E-state index is 9.86. The summed E-state index contributed by atoms with van der Waals surface area (Å²) in [7, 11) is 0. The van der Waals surface area contributed by atoms with Crippen molar-refractivity contribution in [2.24, 2.45) is 0 Å². The Hall–Kier alpha value is -4.93. The fourth-order valence-electron chi connectivity index (χ4n) is 5.75. The highest BCUT2D eigenvalue weighted by atomic mass is 14.3. The van der Waals surface area contributed by atoms with Gasteiger partial charge in [-0.15, -0.1) is 0 Å². The molecule has 0 saturated heterocycles. The van der Waals surface area contributed by atoms with Crippen molar-refractivity contribution in [3.63, 3.8) is 0 Å². The largest absolute Gasteiger partial charge is 0.192 e. The number of nitriles is 1. The Balaban J connectivity index is 1.71. The molecule has 1 aliphatic carbocycles. The van der Waals surface area contributed by atoms with Gasteiger partial charge in [0, 0.05) is 5.39 Å². The summed E-state index contributed by atoms with van der Waals surface area (Å²) in [6.07, 6.45) is 0. The number of rotatable bonds is 3. The molecule has 6 aromatic carbocycles. The predicted octanol–water partition coefficient (Wildman–Crippen LogP) is 9.36. The first-order valence-electron chi connectivity index (χ1n) is 12.2. The van der Waals surface area contributed by atoms with E-state index in [-0.39, 0.29) is 0 Å². The van der Waals surface area contributed by atoms with Crippen molar-refractivity contribution in [2.45, 2.75) is 0 Å². The highest BCUT2D eigenvalue weighted by Gasteiger charge is 2.30. The number of hydrogen-bond acceptors (Lipinski definition) is 1. The van der Waals surface area contributed by atoms with E-state index < -0.39 is 0 Å². The van der Waals surface area contributed by atoms with E-state index in [1.54, 1.807) is 0 Å². The Kier molecular flexibility index (Phi) is 4.59. The van der Waals surface area contributed by atoms with Gasteiger partial charge in [-0.2, -0.15) is 5.26 Å². The molecule has 0 heterocycles. The maximum atomic E-state index is 9.86. The number of fused-ring (bicyclic) bond motifs is 3. The molecule has 7 rings (SSSR count). The fourth-order valence-corrected chi connectivity index (χ4v) is 5.75. The maximum Gasteiger partial charge on any atom is 0.0998 e. The van der Waals surface area contributed by atoms with Gasteiger partial charge in [0.2, 0.25) is 0 Å². The van der Waals surface area contributed by atoms with E-state index in [1.807, 2.05) is 6.07 Å². The topological polar surface area (TPSA) is 23.8 Å². The second kappa shape index (κ2) is 8.08. The summed E-state index contributed by atoms with van der Waals surface area (Å²) in [5, 5.41) is 12.1. The summed E-state index contributed by atoms with van der Waals surface area (Å²) in [6, 6.07) is 47.3. The minimum Gasteiger partial charge on any atom is -0.192 e. The van der Waals surface area contributed by atoms with Crippen LogP contribution in [0.2, 0.25) is 0 Å². The summed E-state index contributed by atoms with van der Waals surface area (Å²) >= 11 is 0. The number of nitrogens with zero attached hydrogens (tertiary/aromatic N) is 1. The summed E-state index contributed by atoms with van der Waals surface area (Å²) in [5.74, 6) is 0. The van der Waals surface area contributed by atoms with Gasteiger partial charge in [-0.3, -0.25) is 0 Å². The number of hydrogen-bond donors (Lipinski definition) is 0. The lowest BCUT2D eigenvalue weighted by Gasteiger charge is -2.20. The average Bonchev–Trinajstić information content (AvgIpc) is 3.29. The third-order valence-electron chi connectivity index (χ3n) is 7.26. The predicted molar refractivity (Wildman–Crippen MR) is 149 cm³/mol. The summed E-state index contributed by atoms with van der Waals surface area (Å²) < 4.78 is 0. The van der Waals surface area contributed by atoms with Crippen LogP contribution in [0.25, 0.3) is 66.4 Å². The van der Waals surface area contributed by atoms with Crippen LogP contribution < -0.4 is 0 Å². The minimum absolute atomic E-state index is 0.717. The monoisotopic (exact) mass is 455 g/mol. The van der Waals surface area contributed by atoms with E-state index >= 15 is 0 Å². The molecule has 0 unspecified atom stereocenters. The Morgan fingerprint density at radius 1 is 0.417 bits per heavy atom. The molecule has 0 aromatic heterocycles. The standard InChI is InChI=1S/C35H21N/c36-22-26-19-20-29-33-27(26)17-10-18-28(33)34-31(24-13-6-2-7-14-24)21-30(23-11-4-1-5-12-23)32(35(29)34)25-15-8-3-9-16-25/h1-21H. The zero-order chi connectivity index (χ0) is 24.1. The number of benzene rings is 6. The Bertz CT molecular complexity index is 1810. The van der Waals surface area contributed by atoms with Gasteiger partial charge in [-0.05, 0) is 73.2 Å². The lowest BCUT2D eigenvalue weighted by molar-refractivity contribution is 1.50. The molecule has 0 amide bonds. The van der Waals surface area contributed by atoms with Crippen LogP contribution in [0.4, 0.5) is 0 Å². The molecular weight excluding hydrogens is 434 g/mol. The molecule has 166 valence electrons. The molecule has 0 bridgehead atoms. The van der Waals surface area contributed by atoms with Crippen molar-refractivity contribution in [1.29, 1.82) is 5.26 Å². The van der Waals surface area contributed by atoms with Gasteiger partial charge in [0.25, 0.3) is 0 Å². The minimum atomic E-state index is 0.717. The first kappa shape index (κ1) is 20.4. The molecule has 0 radical (unpaired) electrons. The average molecular weight is 456 g/mol. The highest BCUT2D eigenvalue weighted by Crippen LogP contribution is 2.57. The molecule has 6 aromatic rings. The van der Waals surface area contributed by atoms with Crippen LogP contribution >= 0.6 is 0 Å². The normalized spacial score (nSPS) is 11.3. The molecular formula is C35H21N. The van der Waals surface area contributed by atoms with Crippen LogP contribution in [0.1, 0.15) is 5.56 Å². The van der Waals surface area contributed by atoms with Crippen molar-refractivity contribution in [3.8, 4) is 61.7 Å². The fraction of sp³-hybridized carbons (Fsp3) is 0. The zero-order valence-electron chi connectivity index (χ0n) is 19.6. The van der Waals surface area contributed by atoms with Gasteiger partial charge < -0.3 is 0 Å². The van der Waals surface area contributed by atoms with Crippen LogP contribution in [-0.4, -0.2) is 0 Å². The Morgan fingerprint density at radius 2 is 0.972 bits per heavy atom. The van der Waals surface area contributed by atoms with E-state index in [4.69, 9.17) is 0 Å². The van der Waals surface area contributed by atoms with Crippen molar-refractivity contribution < 1.29 is 0 Å². The van der Waals surface area contributed by atoms with Gasteiger partial charge in [0.05, 0.1) is 11.6 Å². The molecule has 0 spiro atoms. The quantitative estimate of drug-likeness (QED) is 0.260. The molecule has 0 aliphatic heterocycles. The Morgan fingerprint density at radius 3 is 1.58 bits per heavy atom. The second-order valence-corrected chi connectivity index (χ2v) is 9.20. The highest BCUT2D eigenvalue weighted by molar-refractivity contribution is 6.23. The van der Waals surface area contributed by atoms with Crippen LogP contribution in [0.15, 0.2) is 127 Å². The summed E-state index contributed by atoms with van der Waals surface area (Å²) in [5.41, 5.74) is 12.8. The van der Waals surface area contributed by atoms with E-state index in [1.165, 1.54) is 61.0 Å². The first-order chi connectivity index (χ1) is 17.8. The van der Waals surface area contributed by atoms with Gasteiger partial charge in [-0.1, -0.05) is 115 Å². The lowest BCUT2D eigenvalue weighted by Crippen LogP contribution is -1.94. The molecule has 0 atom stereocenters. The Labute approximate surface area is 210 Å². The van der Waals surface area contributed by atoms with Crippen LogP contribution in [-0.2, 0) is 0 Å². The van der Waals surface area contributed by atoms with Gasteiger partial charge in [0.15, 0.2) is 0 Å². The van der Waals surface area contributed by atoms with E-state index in [0.717, 1.165) is 5.39 Å². The molecule has 0 N–H and O–H groups in total. The van der Waals surface area contributed by atoms with E-state index in [2.05, 4.69) is 127 Å². The SMILES string of the molecule is N#Cc1ccc2c3c(cccc13)-c1c(-c3ccccc3)cc(-c3ccccc3)c(-c3ccccc3)c1-2. The summed E-state index contributed by atoms with van der Waals surface area (Å²) in [6.45, 7) is 0. The third-order valence-corrected chi connectivity index (χ3v) is 7.26. The lowest BCUT2D eigenvalue weighted by atomic mass is 9.82. The van der Waals surface area contributed by atoms with E-state index in [0.29, 0.717) is 5.56 Å². The van der Waals surface area contributed by atoms with Crippen molar-refractivity contribution in [1.82, 2.24) is 0 Å². The first-order valence-corrected chi connectivity index (χ1v) is 12.2. The van der Waals surface area contributed by atoms with Crippen LogP contribution in [0, 0.1) is 11.3 Å². The van der Waals surface area contributed by atoms with E-state index in [9.17, 15) is 5.26 Å². The van der Waals surface area contributed by atoms with Crippen molar-refractivity contribution in [2.75, 3.05) is 0 Å². The zero-order valence-corrected chi connectivity index (χ0v) is 19.6. The summed E-state index contributed by atoms with van der Waals surface area (Å²) in [4.78, 5) is 0. The third kappa shape index (κ3) is 2.95. The van der Waals surface area contributed by atoms with Crippen LogP contribution in [0.5, 0.6) is 0 Å². The second-order valence-electron chi connectivity index (χ2n) is 9.20. The smallest absolute Gasteiger partial charge is 0.0998 e. The van der Waals surface area contributed by atoms with Gasteiger partial charge in [-0.25, -0.2) is 0 Å². The molecule has 1 aliphatic rings. The molecule has 1 heteroatoms. The van der Waals surface area contributed by atoms with Crippen LogP contribution in [0.3, 0.4) is 0 Å².